The van der Waals surface area contributed by atoms with Crippen LogP contribution < -0.4 is 0 Å². The molecule has 0 bridgehead atoms. The van der Waals surface area contributed by atoms with Crippen molar-refractivity contribution in [2.45, 2.75) is 25.4 Å². The lowest BCUT2D eigenvalue weighted by Crippen LogP contribution is -2.36. The van der Waals surface area contributed by atoms with Gasteiger partial charge in [0.25, 0.3) is 0 Å². The van der Waals surface area contributed by atoms with Crippen molar-refractivity contribution >= 4 is 0 Å². The van der Waals surface area contributed by atoms with Gasteiger partial charge in [-0.05, 0) is 43.7 Å². The largest absolute Gasteiger partial charge is 0.384 e. The Hall–Kier alpha value is -1.41. The van der Waals surface area contributed by atoms with Crippen LogP contribution in [0.25, 0.3) is 0 Å². The number of hydrogen-bond donors (Lipinski definition) is 1. The number of ether oxygens (including phenoxy) is 1. The molecular weight excluding hydrogens is 257 g/mol. The third kappa shape index (κ3) is 4.31. The number of aliphatic hydroxyl groups excluding tert-OH is 1. The van der Waals surface area contributed by atoms with Crippen molar-refractivity contribution in [1.29, 1.82) is 0 Å². The maximum atomic E-state index is 13.6. The first-order valence-corrected chi connectivity index (χ1v) is 6.86. The van der Waals surface area contributed by atoms with Crippen molar-refractivity contribution in [3.05, 3.63) is 35.1 Å². The minimum absolute atomic E-state index is 0.214. The molecule has 2 rings (SSSR count). The monoisotopic (exact) mass is 277 g/mol. The number of halogens is 1. The summed E-state index contributed by atoms with van der Waals surface area (Å²) in [5.74, 6) is 5.01. The van der Waals surface area contributed by atoms with Crippen molar-refractivity contribution in [3.63, 3.8) is 0 Å². The van der Waals surface area contributed by atoms with Crippen molar-refractivity contribution < 1.29 is 14.2 Å². The van der Waals surface area contributed by atoms with E-state index in [9.17, 15) is 4.39 Å². The van der Waals surface area contributed by atoms with Gasteiger partial charge in [-0.2, -0.15) is 0 Å². The first kappa shape index (κ1) is 15.0. The first-order chi connectivity index (χ1) is 9.69. The number of nitrogens with zero attached hydrogens (tertiary/aromatic N) is 1. The zero-order valence-electron chi connectivity index (χ0n) is 11.7. The van der Waals surface area contributed by atoms with Crippen molar-refractivity contribution in [1.82, 2.24) is 4.90 Å². The van der Waals surface area contributed by atoms with Crippen molar-refractivity contribution in [3.8, 4) is 11.8 Å². The molecule has 108 valence electrons. The van der Waals surface area contributed by atoms with Gasteiger partial charge >= 0.3 is 0 Å². The smallest absolute Gasteiger partial charge is 0.124 e. The highest BCUT2D eigenvalue weighted by atomic mass is 19.1. The van der Waals surface area contributed by atoms with Crippen LogP contribution in [0.3, 0.4) is 0 Å². The summed E-state index contributed by atoms with van der Waals surface area (Å²) >= 11 is 0. The van der Waals surface area contributed by atoms with Gasteiger partial charge in [0.1, 0.15) is 12.4 Å². The molecule has 0 atom stereocenters. The molecule has 1 aromatic carbocycles. The molecule has 4 heteroatoms. The molecule has 1 aromatic rings. The second-order valence-electron chi connectivity index (χ2n) is 5.07. The predicted octanol–water partition coefficient (Wildman–Crippen LogP) is 1.78. The summed E-state index contributed by atoms with van der Waals surface area (Å²) in [6.45, 7) is 2.07. The summed E-state index contributed by atoms with van der Waals surface area (Å²) < 4.78 is 18.9. The number of hydrogen-bond acceptors (Lipinski definition) is 3. The van der Waals surface area contributed by atoms with Gasteiger partial charge in [-0.15, -0.1) is 0 Å². The maximum Gasteiger partial charge on any atom is 0.124 e. The van der Waals surface area contributed by atoms with E-state index in [0.717, 1.165) is 31.6 Å². The molecule has 1 heterocycles. The fourth-order valence-electron chi connectivity index (χ4n) is 2.50. The van der Waals surface area contributed by atoms with Crippen molar-refractivity contribution in [2.75, 3.05) is 26.9 Å². The van der Waals surface area contributed by atoms with E-state index in [2.05, 4.69) is 23.8 Å². The van der Waals surface area contributed by atoms with Gasteiger partial charge in [0.15, 0.2) is 0 Å². The molecule has 0 aliphatic carbocycles. The SMILES string of the molecule is CN(Cc1cc(F)cc(C#CCO)c1)C1CCOCC1. The fraction of sp³-hybridized carbons (Fsp3) is 0.500. The average Bonchev–Trinajstić information content (AvgIpc) is 2.45. The standard InChI is InChI=1S/C16H20FNO2/c1-18(16-4-7-20-8-5-16)12-14-9-13(3-2-6-19)10-15(17)11-14/h9-11,16,19H,4-8,12H2,1H3. The Labute approximate surface area is 119 Å². The lowest BCUT2D eigenvalue weighted by molar-refractivity contribution is 0.0406. The molecule has 0 unspecified atom stereocenters. The molecular formula is C16H20FNO2. The van der Waals surface area contributed by atoms with E-state index in [1.807, 2.05) is 6.07 Å². The molecule has 3 nitrogen and oxygen atoms in total. The Bertz CT molecular complexity index is 501. The van der Waals surface area contributed by atoms with Gasteiger partial charge in [-0.25, -0.2) is 4.39 Å². The molecule has 1 saturated heterocycles. The van der Waals surface area contributed by atoms with Crippen LogP contribution in [0.5, 0.6) is 0 Å². The van der Waals surface area contributed by atoms with Crippen LogP contribution in [0.4, 0.5) is 4.39 Å². The van der Waals surface area contributed by atoms with Crippen LogP contribution in [0, 0.1) is 17.7 Å². The van der Waals surface area contributed by atoms with Gasteiger partial charge in [0.2, 0.25) is 0 Å². The van der Waals surface area contributed by atoms with Gasteiger partial charge in [0, 0.05) is 31.4 Å². The van der Waals surface area contributed by atoms with Crippen LogP contribution >= 0.6 is 0 Å². The molecule has 0 saturated carbocycles. The van der Waals surface area contributed by atoms with Crippen LogP contribution in [0.15, 0.2) is 18.2 Å². The van der Waals surface area contributed by atoms with E-state index in [1.54, 1.807) is 6.07 Å². The van der Waals surface area contributed by atoms with E-state index in [0.29, 0.717) is 18.2 Å². The second-order valence-corrected chi connectivity index (χ2v) is 5.07. The van der Waals surface area contributed by atoms with E-state index >= 15 is 0 Å². The summed E-state index contributed by atoms with van der Waals surface area (Å²) in [7, 11) is 2.06. The van der Waals surface area contributed by atoms with Crippen molar-refractivity contribution in [2.24, 2.45) is 0 Å². The molecule has 0 radical (unpaired) electrons. The first-order valence-electron chi connectivity index (χ1n) is 6.86. The Morgan fingerprint density at radius 2 is 2.10 bits per heavy atom. The highest BCUT2D eigenvalue weighted by molar-refractivity contribution is 5.37. The molecule has 0 amide bonds. The van der Waals surface area contributed by atoms with Gasteiger partial charge in [-0.1, -0.05) is 11.8 Å². The minimum atomic E-state index is -0.287. The average molecular weight is 277 g/mol. The normalized spacial score (nSPS) is 16.0. The molecule has 1 aliphatic heterocycles. The van der Waals surface area contributed by atoms with E-state index in [4.69, 9.17) is 9.84 Å². The summed E-state index contributed by atoms with van der Waals surface area (Å²) in [4.78, 5) is 2.24. The summed E-state index contributed by atoms with van der Waals surface area (Å²) in [6.07, 6.45) is 2.03. The van der Waals surface area contributed by atoms with Crippen LogP contribution in [-0.2, 0) is 11.3 Å². The fourth-order valence-corrected chi connectivity index (χ4v) is 2.50. The van der Waals surface area contributed by atoms with Gasteiger partial charge in [0.05, 0.1) is 0 Å². The van der Waals surface area contributed by atoms with Crippen LogP contribution in [0.2, 0.25) is 0 Å². The molecule has 20 heavy (non-hydrogen) atoms. The molecule has 1 N–H and O–H groups in total. The lowest BCUT2D eigenvalue weighted by Gasteiger charge is -2.31. The number of aliphatic hydroxyl groups is 1. The lowest BCUT2D eigenvalue weighted by atomic mass is 10.1. The molecule has 0 aromatic heterocycles. The Kier molecular flexibility index (Phi) is 5.54. The van der Waals surface area contributed by atoms with E-state index in [-0.39, 0.29) is 12.4 Å². The van der Waals surface area contributed by atoms with E-state index < -0.39 is 0 Å². The van der Waals surface area contributed by atoms with Gasteiger partial charge < -0.3 is 9.84 Å². The zero-order valence-corrected chi connectivity index (χ0v) is 11.7. The quantitative estimate of drug-likeness (QED) is 0.855. The van der Waals surface area contributed by atoms with Crippen LogP contribution in [0.1, 0.15) is 24.0 Å². The second kappa shape index (κ2) is 7.39. The maximum absolute atomic E-state index is 13.6. The number of benzene rings is 1. The minimum Gasteiger partial charge on any atom is -0.384 e. The molecule has 1 aliphatic rings. The summed E-state index contributed by atoms with van der Waals surface area (Å²) in [6, 6.07) is 5.29. The summed E-state index contributed by atoms with van der Waals surface area (Å²) in [5, 5.41) is 8.69. The summed E-state index contributed by atoms with van der Waals surface area (Å²) in [5.41, 5.74) is 1.51. The zero-order chi connectivity index (χ0) is 14.4. The topological polar surface area (TPSA) is 32.7 Å². The van der Waals surface area contributed by atoms with E-state index in [1.165, 1.54) is 6.07 Å². The predicted molar refractivity (Wildman–Crippen MR) is 75.7 cm³/mol. The Balaban J connectivity index is 2.06. The molecule has 0 spiro atoms. The Morgan fingerprint density at radius 3 is 2.80 bits per heavy atom. The Morgan fingerprint density at radius 1 is 1.35 bits per heavy atom. The third-order valence-corrected chi connectivity index (χ3v) is 3.52. The van der Waals surface area contributed by atoms with Gasteiger partial charge in [-0.3, -0.25) is 4.90 Å². The third-order valence-electron chi connectivity index (χ3n) is 3.52. The highest BCUT2D eigenvalue weighted by Crippen LogP contribution is 2.17. The van der Waals surface area contributed by atoms with Crippen LogP contribution in [-0.4, -0.2) is 42.9 Å². The number of rotatable bonds is 3. The molecule has 1 fully saturated rings. The highest BCUT2D eigenvalue weighted by Gasteiger charge is 2.18.